The summed E-state index contributed by atoms with van der Waals surface area (Å²) in [5.41, 5.74) is 13.9. The van der Waals surface area contributed by atoms with E-state index < -0.39 is 18.1 Å². The fourth-order valence-corrected chi connectivity index (χ4v) is 2.81. The number of H-pyrrole nitrogens is 1. The van der Waals surface area contributed by atoms with Crippen LogP contribution in [0.3, 0.4) is 0 Å². The molecule has 0 spiro atoms. The number of carboxylic acids is 1. The Balaban J connectivity index is 1.70. The summed E-state index contributed by atoms with van der Waals surface area (Å²) < 4.78 is 5.14. The number of unbranched alkanes of at least 4 members (excludes halogenated alkanes) is 2. The van der Waals surface area contributed by atoms with Crippen molar-refractivity contribution in [3.63, 3.8) is 0 Å². The zero-order valence-electron chi connectivity index (χ0n) is 17.0. The number of carbonyl (C=O) groups is 2. The number of nitrogens with one attached hydrogen (secondary N) is 2. The van der Waals surface area contributed by atoms with Gasteiger partial charge in [0, 0.05) is 13.0 Å². The lowest BCUT2D eigenvalue weighted by atomic mass is 10.1. The average molecular weight is 436 g/mol. The number of rotatable bonds is 13. The number of aryl methyl sites for hydroxylation is 1. The number of carboxylic acid groups (broad SMARTS) is 1. The average Bonchev–Trinajstić information content (AvgIpc) is 3.20. The van der Waals surface area contributed by atoms with Crippen LogP contribution in [0.25, 0.3) is 11.2 Å². The van der Waals surface area contributed by atoms with Crippen molar-refractivity contribution in [2.45, 2.75) is 44.6 Å². The summed E-state index contributed by atoms with van der Waals surface area (Å²) in [4.78, 5) is 43.1. The van der Waals surface area contributed by atoms with E-state index in [9.17, 15) is 14.7 Å². The maximum absolute atomic E-state index is 12.2. The molecule has 0 aliphatic rings. The van der Waals surface area contributed by atoms with E-state index >= 15 is 0 Å². The third kappa shape index (κ3) is 7.67. The van der Waals surface area contributed by atoms with Crippen molar-refractivity contribution >= 4 is 29.2 Å². The quantitative estimate of drug-likeness (QED) is 0.0763. The van der Waals surface area contributed by atoms with E-state index in [0.717, 1.165) is 23.4 Å². The number of nitrogens with two attached hydrogens (primary N) is 3. The van der Waals surface area contributed by atoms with Crippen LogP contribution in [0.5, 0.6) is 0 Å². The molecule has 0 saturated carbocycles. The first kappa shape index (κ1) is 23.8. The number of hydrogen-bond acceptors (Lipinski definition) is 9. The van der Waals surface area contributed by atoms with E-state index in [4.69, 9.17) is 22.0 Å². The molecule has 14 nitrogen and oxygen atoms in total. The van der Waals surface area contributed by atoms with Gasteiger partial charge in [-0.15, -0.1) is 0 Å². The first-order valence-electron chi connectivity index (χ1n) is 9.77. The molecule has 2 heterocycles. The van der Waals surface area contributed by atoms with Crippen LogP contribution in [0.4, 0.5) is 4.79 Å². The van der Waals surface area contributed by atoms with E-state index in [-0.39, 0.29) is 25.5 Å². The number of aromatic amines is 1. The van der Waals surface area contributed by atoms with Crippen LogP contribution in [0.15, 0.2) is 17.5 Å². The van der Waals surface area contributed by atoms with Crippen molar-refractivity contribution in [3.05, 3.63) is 18.3 Å². The first-order chi connectivity index (χ1) is 14.9. The van der Waals surface area contributed by atoms with E-state index in [1.807, 2.05) is 0 Å². The number of carbonyl (C=O) groups excluding carboxylic acids is 1. The van der Waals surface area contributed by atoms with Crippen molar-refractivity contribution in [2.24, 2.45) is 22.3 Å². The van der Waals surface area contributed by atoms with Gasteiger partial charge in [-0.2, -0.15) is 5.53 Å². The molecular formula is C17H28N10O4. The van der Waals surface area contributed by atoms with Crippen LogP contribution in [-0.2, 0) is 16.0 Å². The van der Waals surface area contributed by atoms with Gasteiger partial charge in [0.2, 0.25) is 0 Å². The molecule has 0 saturated heterocycles. The van der Waals surface area contributed by atoms with Crippen molar-refractivity contribution in [3.8, 4) is 0 Å². The van der Waals surface area contributed by atoms with E-state index in [2.05, 4.69) is 30.5 Å². The molecule has 0 bridgehead atoms. The SMILES string of the molecule is NNN(C(=O)OCCCCCc1ncc2[nH]cnc2n1)[C@H](CCCN=C(N)N)C(=O)O. The highest BCUT2D eigenvalue weighted by molar-refractivity contribution is 5.79. The summed E-state index contributed by atoms with van der Waals surface area (Å²) in [5.74, 6) is 4.71. The summed E-state index contributed by atoms with van der Waals surface area (Å²) in [6.07, 6.45) is 5.65. The van der Waals surface area contributed by atoms with Crippen LogP contribution in [0, 0.1) is 0 Å². The highest BCUT2D eigenvalue weighted by Gasteiger charge is 2.30. The molecule has 0 fully saturated rings. The van der Waals surface area contributed by atoms with Gasteiger partial charge in [-0.25, -0.2) is 29.5 Å². The van der Waals surface area contributed by atoms with E-state index in [0.29, 0.717) is 30.7 Å². The van der Waals surface area contributed by atoms with Gasteiger partial charge in [0.1, 0.15) is 11.3 Å². The Morgan fingerprint density at radius 1 is 1.26 bits per heavy atom. The number of amides is 1. The fourth-order valence-electron chi connectivity index (χ4n) is 2.81. The number of imidazole rings is 1. The van der Waals surface area contributed by atoms with Crippen LogP contribution in [-0.4, -0.2) is 67.3 Å². The number of aliphatic imine (C=N–C) groups is 1. The van der Waals surface area contributed by atoms with Gasteiger partial charge in [-0.3, -0.25) is 10.8 Å². The van der Waals surface area contributed by atoms with Gasteiger partial charge < -0.3 is 26.3 Å². The molecule has 0 aliphatic carbocycles. The number of aliphatic carboxylic acids is 1. The monoisotopic (exact) mass is 436 g/mol. The summed E-state index contributed by atoms with van der Waals surface area (Å²) in [6, 6.07) is -1.22. The zero-order chi connectivity index (χ0) is 22.6. The molecule has 31 heavy (non-hydrogen) atoms. The Kier molecular flexibility index (Phi) is 9.38. The minimum atomic E-state index is -1.23. The van der Waals surface area contributed by atoms with Crippen LogP contribution >= 0.6 is 0 Å². The number of aromatic nitrogens is 4. The zero-order valence-corrected chi connectivity index (χ0v) is 17.0. The topological polar surface area (TPSA) is 224 Å². The number of ether oxygens (including phenoxy) is 1. The Morgan fingerprint density at radius 3 is 2.77 bits per heavy atom. The number of fused-ring (bicyclic) bond motifs is 1. The van der Waals surface area contributed by atoms with Gasteiger partial charge in [-0.05, 0) is 32.1 Å². The van der Waals surface area contributed by atoms with Crippen molar-refractivity contribution in [1.29, 1.82) is 0 Å². The largest absolute Gasteiger partial charge is 0.480 e. The van der Waals surface area contributed by atoms with E-state index in [1.54, 1.807) is 12.5 Å². The standard InChI is InChI=1S/C17H28N10O4/c18-16(19)21-7-4-5-12(15(28)29)27(26-20)17(30)31-8-3-1-2-6-13-22-9-11-14(25-13)24-10-23-11/h9-10,12,26H,1-8,20H2,(H,28,29)(H4,18,19,21)(H,22,23,24,25)/t12-/m1/s1. The molecule has 0 radical (unpaired) electrons. The van der Waals surface area contributed by atoms with Gasteiger partial charge >= 0.3 is 12.1 Å². The highest BCUT2D eigenvalue weighted by Crippen LogP contribution is 2.10. The molecule has 1 amide bonds. The van der Waals surface area contributed by atoms with Gasteiger partial charge in [0.25, 0.3) is 0 Å². The van der Waals surface area contributed by atoms with Crippen molar-refractivity contribution < 1.29 is 19.4 Å². The lowest BCUT2D eigenvalue weighted by molar-refractivity contribution is -0.144. The Hall–Kier alpha value is -3.52. The molecule has 0 unspecified atom stereocenters. The molecule has 2 rings (SSSR count). The molecule has 0 aromatic carbocycles. The Labute approximate surface area is 178 Å². The number of guanidine groups is 1. The molecule has 2 aromatic rings. The second-order valence-corrected chi connectivity index (χ2v) is 6.65. The third-order valence-corrected chi connectivity index (χ3v) is 4.36. The van der Waals surface area contributed by atoms with Crippen molar-refractivity contribution in [2.75, 3.05) is 13.2 Å². The summed E-state index contributed by atoms with van der Waals surface area (Å²) in [7, 11) is 0. The first-order valence-corrected chi connectivity index (χ1v) is 9.77. The van der Waals surface area contributed by atoms with Crippen molar-refractivity contribution in [1.82, 2.24) is 30.5 Å². The van der Waals surface area contributed by atoms with Crippen LogP contribution < -0.4 is 22.8 Å². The smallest absolute Gasteiger partial charge is 0.426 e. The maximum Gasteiger partial charge on any atom is 0.426 e. The molecule has 0 aliphatic heterocycles. The minimum Gasteiger partial charge on any atom is -0.480 e. The number of nitrogens with zero attached hydrogens (tertiary/aromatic N) is 5. The second-order valence-electron chi connectivity index (χ2n) is 6.65. The van der Waals surface area contributed by atoms with Gasteiger partial charge in [-0.1, -0.05) is 0 Å². The molecule has 170 valence electrons. The number of hydrazine groups is 2. The predicted molar refractivity (Wildman–Crippen MR) is 111 cm³/mol. The Morgan fingerprint density at radius 2 is 2.06 bits per heavy atom. The lowest BCUT2D eigenvalue weighted by Gasteiger charge is -2.26. The molecule has 1 atom stereocenters. The third-order valence-electron chi connectivity index (χ3n) is 4.36. The second kappa shape index (κ2) is 12.2. The maximum atomic E-state index is 12.2. The van der Waals surface area contributed by atoms with Gasteiger partial charge in [0.05, 0.1) is 19.1 Å². The van der Waals surface area contributed by atoms with E-state index in [1.165, 1.54) is 0 Å². The molecule has 9 N–H and O–H groups in total. The molecular weight excluding hydrogens is 408 g/mol. The highest BCUT2D eigenvalue weighted by atomic mass is 16.6. The summed E-state index contributed by atoms with van der Waals surface area (Å²) in [5, 5.41) is 10.1. The Bertz CT molecular complexity index is 883. The van der Waals surface area contributed by atoms with Crippen LogP contribution in [0.2, 0.25) is 0 Å². The van der Waals surface area contributed by atoms with Crippen LogP contribution in [0.1, 0.15) is 37.9 Å². The predicted octanol–water partition coefficient (Wildman–Crippen LogP) is -0.611. The molecule has 2 aromatic heterocycles. The molecule has 14 heteroatoms. The normalized spacial score (nSPS) is 11.8. The summed E-state index contributed by atoms with van der Waals surface area (Å²) >= 11 is 0. The number of hydrogen-bond donors (Lipinski definition) is 6. The minimum absolute atomic E-state index is 0.0890. The fraction of sp³-hybridized carbons (Fsp3) is 0.529. The van der Waals surface area contributed by atoms with Gasteiger partial charge in [0.15, 0.2) is 17.6 Å². The summed E-state index contributed by atoms with van der Waals surface area (Å²) in [6.45, 7) is 0.354. The lowest BCUT2D eigenvalue weighted by Crippen LogP contribution is -2.55.